The molecule has 0 saturated carbocycles. The predicted molar refractivity (Wildman–Crippen MR) is 51.2 cm³/mol. The minimum Gasteiger partial charge on any atom is -0.356 e. The fourth-order valence-corrected chi connectivity index (χ4v) is 1.39. The topological polar surface area (TPSA) is 33.2 Å². The first-order chi connectivity index (χ1) is 6.31. The van der Waals surface area contributed by atoms with E-state index in [4.69, 9.17) is 0 Å². The molecule has 1 fully saturated rings. The van der Waals surface area contributed by atoms with Crippen LogP contribution >= 0.6 is 0 Å². The number of aldehydes is 1. The molecule has 1 aromatic heterocycles. The molecule has 0 N–H and O–H groups in total. The monoisotopic (exact) mass is 176 g/mol. The molecule has 2 rings (SSSR count). The van der Waals surface area contributed by atoms with Gasteiger partial charge < -0.3 is 4.90 Å². The fourth-order valence-electron chi connectivity index (χ4n) is 1.39. The van der Waals surface area contributed by atoms with Gasteiger partial charge in [0.25, 0.3) is 0 Å². The van der Waals surface area contributed by atoms with Crippen molar-refractivity contribution in [1.82, 2.24) is 4.98 Å². The maximum absolute atomic E-state index is 10.5. The molecule has 0 aromatic carbocycles. The van der Waals surface area contributed by atoms with Crippen LogP contribution in [-0.2, 0) is 0 Å². The summed E-state index contributed by atoms with van der Waals surface area (Å²) < 4.78 is 0. The molecule has 2 heterocycles. The number of carbonyl (C=O) groups excluding carboxylic acids is 1. The summed E-state index contributed by atoms with van der Waals surface area (Å²) in [5.74, 6) is 0.995. The van der Waals surface area contributed by atoms with E-state index in [1.807, 2.05) is 13.0 Å². The zero-order valence-corrected chi connectivity index (χ0v) is 7.66. The Hall–Kier alpha value is -1.38. The van der Waals surface area contributed by atoms with Crippen LogP contribution < -0.4 is 4.90 Å². The molecular formula is C10H12N2O. The summed E-state index contributed by atoms with van der Waals surface area (Å²) >= 11 is 0. The maximum atomic E-state index is 10.5. The number of rotatable bonds is 2. The van der Waals surface area contributed by atoms with Crippen LogP contribution in [0.15, 0.2) is 12.3 Å². The predicted octanol–water partition coefficient (Wildman–Crippen LogP) is 1.41. The summed E-state index contributed by atoms with van der Waals surface area (Å²) in [6.07, 6.45) is 3.74. The van der Waals surface area contributed by atoms with E-state index in [-0.39, 0.29) is 0 Å². The molecule has 3 heteroatoms. The first-order valence-corrected chi connectivity index (χ1v) is 4.48. The van der Waals surface area contributed by atoms with E-state index in [0.717, 1.165) is 30.8 Å². The van der Waals surface area contributed by atoms with Gasteiger partial charge in [-0.1, -0.05) is 0 Å². The van der Waals surface area contributed by atoms with E-state index in [9.17, 15) is 4.79 Å². The summed E-state index contributed by atoms with van der Waals surface area (Å²) in [5.41, 5.74) is 1.69. The average molecular weight is 176 g/mol. The normalized spacial score (nSPS) is 15.3. The Morgan fingerprint density at radius 1 is 1.54 bits per heavy atom. The summed E-state index contributed by atoms with van der Waals surface area (Å²) in [6.45, 7) is 4.12. The Balaban J connectivity index is 2.29. The number of aryl methyl sites for hydroxylation is 1. The van der Waals surface area contributed by atoms with Gasteiger partial charge in [-0.15, -0.1) is 0 Å². The van der Waals surface area contributed by atoms with Crippen molar-refractivity contribution in [2.24, 2.45) is 0 Å². The second-order valence-electron chi connectivity index (χ2n) is 3.36. The van der Waals surface area contributed by atoms with Gasteiger partial charge >= 0.3 is 0 Å². The summed E-state index contributed by atoms with van der Waals surface area (Å²) in [4.78, 5) is 17.0. The Labute approximate surface area is 77.4 Å². The molecule has 1 saturated heterocycles. The van der Waals surface area contributed by atoms with Crippen LogP contribution in [0.1, 0.15) is 22.3 Å². The highest BCUT2D eigenvalue weighted by molar-refractivity contribution is 5.77. The maximum Gasteiger partial charge on any atom is 0.151 e. The Morgan fingerprint density at radius 2 is 2.31 bits per heavy atom. The minimum absolute atomic E-state index is 0.685. The number of hydrogen-bond donors (Lipinski definition) is 0. The van der Waals surface area contributed by atoms with Crippen LogP contribution in [0.3, 0.4) is 0 Å². The zero-order valence-electron chi connectivity index (χ0n) is 7.66. The third kappa shape index (κ3) is 1.41. The van der Waals surface area contributed by atoms with Crippen LogP contribution in [0.4, 0.5) is 5.82 Å². The SMILES string of the molecule is Cc1cc(N2CCC2)ncc1C=O. The minimum atomic E-state index is 0.685. The Morgan fingerprint density at radius 3 is 2.77 bits per heavy atom. The largest absolute Gasteiger partial charge is 0.356 e. The van der Waals surface area contributed by atoms with E-state index in [0.29, 0.717) is 5.56 Å². The fraction of sp³-hybridized carbons (Fsp3) is 0.400. The molecule has 0 amide bonds. The molecule has 0 unspecified atom stereocenters. The van der Waals surface area contributed by atoms with Crippen molar-refractivity contribution in [2.45, 2.75) is 13.3 Å². The summed E-state index contributed by atoms with van der Waals surface area (Å²) in [6, 6.07) is 1.98. The highest BCUT2D eigenvalue weighted by Gasteiger charge is 2.15. The van der Waals surface area contributed by atoms with Gasteiger partial charge in [0.15, 0.2) is 6.29 Å². The quantitative estimate of drug-likeness (QED) is 0.639. The van der Waals surface area contributed by atoms with E-state index in [1.54, 1.807) is 6.20 Å². The number of pyridine rings is 1. The molecule has 0 atom stereocenters. The van der Waals surface area contributed by atoms with Crippen molar-refractivity contribution in [2.75, 3.05) is 18.0 Å². The summed E-state index contributed by atoms with van der Waals surface area (Å²) in [7, 11) is 0. The second kappa shape index (κ2) is 3.17. The van der Waals surface area contributed by atoms with Gasteiger partial charge in [0.1, 0.15) is 5.82 Å². The van der Waals surface area contributed by atoms with Crippen LogP contribution in [0.5, 0.6) is 0 Å². The van der Waals surface area contributed by atoms with E-state index in [2.05, 4.69) is 9.88 Å². The molecule has 1 aromatic rings. The third-order valence-corrected chi connectivity index (χ3v) is 2.44. The van der Waals surface area contributed by atoms with Crippen molar-refractivity contribution < 1.29 is 4.79 Å². The van der Waals surface area contributed by atoms with Crippen LogP contribution in [0.25, 0.3) is 0 Å². The number of aromatic nitrogens is 1. The lowest BCUT2D eigenvalue weighted by Gasteiger charge is -2.32. The lowest BCUT2D eigenvalue weighted by atomic mass is 10.1. The van der Waals surface area contributed by atoms with Crippen LogP contribution in [0.2, 0.25) is 0 Å². The van der Waals surface area contributed by atoms with Crippen molar-refractivity contribution in [3.63, 3.8) is 0 Å². The molecule has 0 radical (unpaired) electrons. The highest BCUT2D eigenvalue weighted by atomic mass is 16.1. The van der Waals surface area contributed by atoms with Gasteiger partial charge in [-0.3, -0.25) is 4.79 Å². The van der Waals surface area contributed by atoms with Gasteiger partial charge in [0.2, 0.25) is 0 Å². The standard InChI is InChI=1S/C10H12N2O/c1-8-5-10(12-3-2-4-12)11-6-9(8)7-13/h5-7H,2-4H2,1H3. The average Bonchev–Trinajstić information content (AvgIpc) is 2.01. The van der Waals surface area contributed by atoms with E-state index in [1.165, 1.54) is 6.42 Å². The number of carbonyl (C=O) groups is 1. The molecule has 68 valence electrons. The van der Waals surface area contributed by atoms with E-state index < -0.39 is 0 Å². The molecule has 13 heavy (non-hydrogen) atoms. The molecule has 0 bridgehead atoms. The van der Waals surface area contributed by atoms with Crippen LogP contribution in [-0.4, -0.2) is 24.4 Å². The highest BCUT2D eigenvalue weighted by Crippen LogP contribution is 2.19. The molecule has 1 aliphatic heterocycles. The smallest absolute Gasteiger partial charge is 0.151 e. The van der Waals surface area contributed by atoms with Crippen molar-refractivity contribution >= 4 is 12.1 Å². The van der Waals surface area contributed by atoms with E-state index >= 15 is 0 Å². The third-order valence-electron chi connectivity index (χ3n) is 2.44. The zero-order chi connectivity index (χ0) is 9.26. The van der Waals surface area contributed by atoms with Gasteiger partial charge in [-0.05, 0) is 25.0 Å². The first-order valence-electron chi connectivity index (χ1n) is 4.48. The molecule has 3 nitrogen and oxygen atoms in total. The van der Waals surface area contributed by atoms with Crippen molar-refractivity contribution in [3.8, 4) is 0 Å². The van der Waals surface area contributed by atoms with Gasteiger partial charge in [0.05, 0.1) is 0 Å². The molecule has 0 spiro atoms. The Bertz CT molecular complexity index is 332. The molecule has 1 aliphatic rings. The van der Waals surface area contributed by atoms with Crippen molar-refractivity contribution in [1.29, 1.82) is 0 Å². The number of anilines is 1. The van der Waals surface area contributed by atoms with Crippen molar-refractivity contribution in [3.05, 3.63) is 23.4 Å². The van der Waals surface area contributed by atoms with Gasteiger partial charge in [-0.25, -0.2) is 4.98 Å². The lowest BCUT2D eigenvalue weighted by molar-refractivity contribution is 0.112. The number of hydrogen-bond acceptors (Lipinski definition) is 3. The first kappa shape index (κ1) is 8.23. The summed E-state index contributed by atoms with van der Waals surface area (Å²) in [5, 5.41) is 0. The van der Waals surface area contributed by atoms with Gasteiger partial charge in [-0.2, -0.15) is 0 Å². The van der Waals surface area contributed by atoms with Crippen LogP contribution in [0, 0.1) is 6.92 Å². The Kier molecular flexibility index (Phi) is 2.00. The molecule has 0 aliphatic carbocycles. The number of nitrogens with zero attached hydrogens (tertiary/aromatic N) is 2. The lowest BCUT2D eigenvalue weighted by Crippen LogP contribution is -2.37. The molecular weight excluding hydrogens is 164 g/mol. The second-order valence-corrected chi connectivity index (χ2v) is 3.36. The van der Waals surface area contributed by atoms with Gasteiger partial charge in [0, 0.05) is 24.8 Å².